The number of nitrogens with zero attached hydrogens (tertiary/aromatic N) is 4. The van der Waals surface area contributed by atoms with Crippen LogP contribution in [0.4, 0.5) is 10.6 Å². The van der Waals surface area contributed by atoms with Crippen LogP contribution >= 0.6 is 0 Å². The smallest absolute Gasteiger partial charge is 0.407 e. The Morgan fingerprint density at radius 3 is 2.41 bits per heavy atom. The van der Waals surface area contributed by atoms with Gasteiger partial charge in [0, 0.05) is 47.9 Å². The topological polar surface area (TPSA) is 140 Å². The van der Waals surface area contributed by atoms with E-state index < -0.39 is 6.09 Å². The number of carbonyl (C=O) groups is 2. The van der Waals surface area contributed by atoms with E-state index in [9.17, 15) is 14.7 Å². The lowest BCUT2D eigenvalue weighted by Crippen LogP contribution is -2.47. The van der Waals surface area contributed by atoms with E-state index in [1.165, 1.54) is 5.56 Å². The van der Waals surface area contributed by atoms with Gasteiger partial charge in [0.25, 0.3) is 0 Å². The molecule has 4 aliphatic rings. The van der Waals surface area contributed by atoms with Crippen molar-refractivity contribution in [2.75, 3.05) is 25.2 Å². The van der Waals surface area contributed by atoms with E-state index in [1.807, 2.05) is 30.2 Å². The van der Waals surface area contributed by atoms with Crippen LogP contribution in [-0.4, -0.2) is 64.5 Å². The summed E-state index contributed by atoms with van der Waals surface area (Å²) < 4.78 is 16.7. The van der Waals surface area contributed by atoms with E-state index in [4.69, 9.17) is 23.9 Å². The number of aryl methyl sites for hydroxylation is 1. The summed E-state index contributed by atoms with van der Waals surface area (Å²) in [6, 6.07) is 6.12. The molecular formula is C38H49N5O6. The van der Waals surface area contributed by atoms with E-state index in [1.54, 1.807) is 19.6 Å². The van der Waals surface area contributed by atoms with Crippen molar-refractivity contribution in [3.8, 4) is 17.1 Å². The summed E-state index contributed by atoms with van der Waals surface area (Å²) in [5.41, 5.74) is 4.00. The molecule has 7 rings (SSSR count). The summed E-state index contributed by atoms with van der Waals surface area (Å²) in [5.74, 6) is 3.63. The summed E-state index contributed by atoms with van der Waals surface area (Å²) in [6.07, 6.45) is 15.4. The molecule has 0 unspecified atom stereocenters. The van der Waals surface area contributed by atoms with Gasteiger partial charge in [0.2, 0.25) is 11.8 Å². The van der Waals surface area contributed by atoms with E-state index in [-0.39, 0.29) is 29.9 Å². The average molecular weight is 672 g/mol. The Kier molecular flexibility index (Phi) is 10.2. The maximum atomic E-state index is 14.4. The number of carbonyl (C=O) groups excluding carboxylic acids is 2. The number of nitrogens with one attached hydrogen (secondary N) is 1. The molecule has 4 saturated carbocycles. The highest BCUT2D eigenvalue weighted by molar-refractivity contribution is 5.94. The Morgan fingerprint density at radius 1 is 0.980 bits per heavy atom. The molecule has 2 N–H and O–H groups in total. The molecule has 4 fully saturated rings. The highest BCUT2D eigenvalue weighted by atomic mass is 16.5. The number of alkyl carbamates (subject to hydrolysis) is 1. The van der Waals surface area contributed by atoms with Gasteiger partial charge in [-0.15, -0.1) is 0 Å². The van der Waals surface area contributed by atoms with Crippen LogP contribution in [0.5, 0.6) is 5.88 Å². The number of hydrogen-bond donors (Lipinski definition) is 2. The normalized spacial score (nSPS) is 26.8. The highest BCUT2D eigenvalue weighted by Gasteiger charge is 2.35. The van der Waals surface area contributed by atoms with Gasteiger partial charge in [-0.3, -0.25) is 9.69 Å². The van der Waals surface area contributed by atoms with Crippen LogP contribution in [-0.2, 0) is 9.53 Å². The van der Waals surface area contributed by atoms with Gasteiger partial charge < -0.3 is 24.3 Å². The fourth-order valence-corrected chi connectivity index (χ4v) is 7.82. The van der Waals surface area contributed by atoms with Crippen molar-refractivity contribution in [1.29, 1.82) is 0 Å². The van der Waals surface area contributed by atoms with E-state index >= 15 is 0 Å². The molecule has 4 aliphatic carbocycles. The molecule has 11 nitrogen and oxygen atoms in total. The molecule has 0 radical (unpaired) electrons. The molecular weight excluding hydrogens is 622 g/mol. The zero-order chi connectivity index (χ0) is 33.9. The number of aliphatic hydroxyl groups is 1. The Balaban J connectivity index is 1.00. The molecule has 49 heavy (non-hydrogen) atoms. The number of hydrogen-bond acceptors (Lipinski definition) is 9. The van der Waals surface area contributed by atoms with E-state index in [2.05, 4.69) is 16.4 Å². The van der Waals surface area contributed by atoms with Gasteiger partial charge in [-0.05, 0) is 125 Å². The predicted molar refractivity (Wildman–Crippen MR) is 183 cm³/mol. The van der Waals surface area contributed by atoms with Crippen molar-refractivity contribution in [3.05, 3.63) is 53.9 Å². The largest absolute Gasteiger partial charge is 0.481 e. The standard InChI is InChI=1S/C38H49N5O6/c1-23-15-30(19-40-35(23)47-2)26-7-3-24(4-8-26)20-43(34-16-29(13-14-39-34)33-22-48-36(42-33)27-11-12-27)37(45)28-9-5-25(6-10-28)21-49-38(46)41-31-17-32(44)18-31/h13-16,19,22,24-28,31-32,44H,3-12,17-18,20-21H2,1-2H3,(H,41,46). The second-order valence-corrected chi connectivity index (χ2v) is 14.8. The molecule has 0 aliphatic heterocycles. The van der Waals surface area contributed by atoms with E-state index in [0.717, 1.165) is 86.9 Å². The molecule has 2 amide bonds. The Morgan fingerprint density at radius 2 is 1.71 bits per heavy atom. The first kappa shape index (κ1) is 33.5. The van der Waals surface area contributed by atoms with Crippen LogP contribution in [0.2, 0.25) is 0 Å². The van der Waals surface area contributed by atoms with Gasteiger partial charge in [-0.25, -0.2) is 19.7 Å². The zero-order valence-electron chi connectivity index (χ0n) is 28.7. The average Bonchev–Trinajstić information content (AvgIpc) is 3.85. The van der Waals surface area contributed by atoms with Gasteiger partial charge in [0.15, 0.2) is 5.89 Å². The lowest BCUT2D eigenvalue weighted by Gasteiger charge is -2.36. The number of amides is 2. The zero-order valence-corrected chi connectivity index (χ0v) is 28.7. The minimum absolute atomic E-state index is 0.00260. The second-order valence-electron chi connectivity index (χ2n) is 14.8. The molecule has 0 atom stereocenters. The number of rotatable bonds is 11. The van der Waals surface area contributed by atoms with Crippen molar-refractivity contribution in [2.45, 2.75) is 108 Å². The minimum atomic E-state index is -0.420. The lowest BCUT2D eigenvalue weighted by atomic mass is 9.78. The third-order valence-electron chi connectivity index (χ3n) is 11.1. The van der Waals surface area contributed by atoms with Crippen LogP contribution in [0, 0.1) is 24.7 Å². The Bertz CT molecular complexity index is 1600. The molecule has 0 saturated heterocycles. The Labute approximate surface area is 288 Å². The van der Waals surface area contributed by atoms with Crippen LogP contribution in [0.15, 0.2) is 41.3 Å². The minimum Gasteiger partial charge on any atom is -0.481 e. The number of aromatic nitrogens is 3. The third-order valence-corrected chi connectivity index (χ3v) is 11.1. The number of pyridine rings is 2. The number of ether oxygens (including phenoxy) is 2. The number of anilines is 1. The summed E-state index contributed by atoms with van der Waals surface area (Å²) in [6.45, 7) is 3.02. The molecule has 0 bridgehead atoms. The molecule has 3 aromatic heterocycles. The fourth-order valence-electron chi connectivity index (χ4n) is 7.82. The third kappa shape index (κ3) is 8.09. The van der Waals surface area contributed by atoms with Gasteiger partial charge in [0.1, 0.15) is 17.8 Å². The van der Waals surface area contributed by atoms with Crippen LogP contribution < -0.4 is 15.0 Å². The summed E-state index contributed by atoms with van der Waals surface area (Å²) >= 11 is 0. The summed E-state index contributed by atoms with van der Waals surface area (Å²) in [5, 5.41) is 12.3. The predicted octanol–water partition coefficient (Wildman–Crippen LogP) is 6.69. The van der Waals surface area contributed by atoms with Crippen molar-refractivity contribution in [1.82, 2.24) is 20.3 Å². The summed E-state index contributed by atoms with van der Waals surface area (Å²) in [4.78, 5) is 42.5. The number of aliphatic hydroxyl groups excluding tert-OH is 1. The molecule has 0 aromatic carbocycles. The number of methoxy groups -OCH3 is 1. The molecule has 262 valence electrons. The first-order valence-electron chi connectivity index (χ1n) is 18.2. The maximum absolute atomic E-state index is 14.4. The fraction of sp³-hybridized carbons (Fsp3) is 0.605. The van der Waals surface area contributed by atoms with Gasteiger partial charge in [0.05, 0.1) is 19.8 Å². The SMILES string of the molecule is COc1ncc(C2CCC(CN(C(=O)C3CCC(COC(=O)NC4CC(O)C4)CC3)c3cc(-c4coc(C5CC5)n4)ccn3)CC2)cc1C. The van der Waals surface area contributed by atoms with Gasteiger partial charge in [-0.1, -0.05) is 0 Å². The first-order valence-corrected chi connectivity index (χ1v) is 18.2. The second kappa shape index (κ2) is 14.9. The lowest BCUT2D eigenvalue weighted by molar-refractivity contribution is -0.124. The van der Waals surface area contributed by atoms with E-state index in [0.29, 0.717) is 55.4 Å². The van der Waals surface area contributed by atoms with Crippen molar-refractivity contribution in [3.63, 3.8) is 0 Å². The Hall–Kier alpha value is -3.99. The van der Waals surface area contributed by atoms with Crippen molar-refractivity contribution in [2.24, 2.45) is 17.8 Å². The summed E-state index contributed by atoms with van der Waals surface area (Å²) in [7, 11) is 1.65. The highest BCUT2D eigenvalue weighted by Crippen LogP contribution is 2.41. The van der Waals surface area contributed by atoms with Crippen molar-refractivity contribution < 1.29 is 28.6 Å². The van der Waals surface area contributed by atoms with Crippen molar-refractivity contribution >= 4 is 17.8 Å². The monoisotopic (exact) mass is 671 g/mol. The maximum Gasteiger partial charge on any atom is 0.407 e. The van der Waals surface area contributed by atoms with Crippen LogP contribution in [0.3, 0.4) is 0 Å². The van der Waals surface area contributed by atoms with Gasteiger partial charge in [-0.2, -0.15) is 0 Å². The first-order chi connectivity index (χ1) is 23.8. The quantitative estimate of drug-likeness (QED) is 0.228. The number of oxazole rings is 1. The molecule has 3 aromatic rings. The van der Waals surface area contributed by atoms with Crippen LogP contribution in [0.25, 0.3) is 11.3 Å². The molecule has 0 spiro atoms. The van der Waals surface area contributed by atoms with Crippen LogP contribution in [0.1, 0.15) is 106 Å². The van der Waals surface area contributed by atoms with Gasteiger partial charge >= 0.3 is 6.09 Å². The molecule has 11 heteroatoms. The molecule has 3 heterocycles.